The number of rotatable bonds is 7. The second-order valence-electron chi connectivity index (χ2n) is 4.57. The topological polar surface area (TPSA) is 26.3 Å². The number of halogens is 2. The van der Waals surface area contributed by atoms with Crippen molar-refractivity contribution in [3.8, 4) is 5.75 Å². The molecule has 0 heterocycles. The van der Waals surface area contributed by atoms with E-state index in [2.05, 4.69) is 0 Å². The van der Waals surface area contributed by atoms with Crippen LogP contribution in [-0.4, -0.2) is 16.6 Å². The molecule has 0 fully saturated rings. The number of ether oxygens (including phenoxy) is 1. The monoisotopic (exact) mass is 310 g/mol. The summed E-state index contributed by atoms with van der Waals surface area (Å²) in [5, 5.41) is 0. The molecule has 0 aliphatic carbocycles. The van der Waals surface area contributed by atoms with Crippen molar-refractivity contribution in [2.24, 2.45) is 0 Å². The molecule has 0 radical (unpaired) electrons. The Balaban J connectivity index is 1.68. The summed E-state index contributed by atoms with van der Waals surface area (Å²) < 4.78 is 43.0. The van der Waals surface area contributed by atoms with Crippen LogP contribution in [0.2, 0.25) is 0 Å². The van der Waals surface area contributed by atoms with E-state index in [4.69, 9.17) is 4.74 Å². The van der Waals surface area contributed by atoms with E-state index >= 15 is 0 Å². The maximum atomic E-state index is 13.0. The van der Waals surface area contributed by atoms with Crippen LogP contribution in [0.4, 0.5) is 8.78 Å². The molecule has 2 aromatic carbocycles. The smallest absolute Gasteiger partial charge is 0.123 e. The van der Waals surface area contributed by atoms with E-state index in [1.54, 1.807) is 24.3 Å². The molecule has 0 bridgehead atoms. The summed E-state index contributed by atoms with van der Waals surface area (Å²) in [5.41, 5.74) is 0.729. The van der Waals surface area contributed by atoms with Gasteiger partial charge in [0.15, 0.2) is 0 Å². The lowest BCUT2D eigenvalue weighted by Gasteiger charge is -2.06. The second-order valence-corrected chi connectivity index (χ2v) is 6.15. The third-order valence-electron chi connectivity index (χ3n) is 2.82. The van der Waals surface area contributed by atoms with Crippen molar-refractivity contribution < 1.29 is 17.7 Å². The fraction of sp³-hybridized carbons (Fsp3) is 0.250. The Morgan fingerprint density at radius 3 is 2.48 bits per heavy atom. The van der Waals surface area contributed by atoms with Gasteiger partial charge in [0, 0.05) is 22.3 Å². The van der Waals surface area contributed by atoms with E-state index < -0.39 is 10.8 Å². The molecule has 2 nitrogen and oxygen atoms in total. The first-order chi connectivity index (χ1) is 10.1. The van der Waals surface area contributed by atoms with Crippen LogP contribution in [0.3, 0.4) is 0 Å². The van der Waals surface area contributed by atoms with Crippen LogP contribution in [0, 0.1) is 11.6 Å². The molecular formula is C16H16F2O2S. The Morgan fingerprint density at radius 2 is 1.76 bits per heavy atom. The molecule has 0 saturated carbocycles. The molecule has 0 spiro atoms. The average Bonchev–Trinajstić information content (AvgIpc) is 2.45. The van der Waals surface area contributed by atoms with Crippen molar-refractivity contribution in [3.05, 3.63) is 65.7 Å². The van der Waals surface area contributed by atoms with Crippen molar-refractivity contribution in [1.29, 1.82) is 0 Å². The minimum atomic E-state index is -1.05. The first-order valence-corrected chi connectivity index (χ1v) is 8.10. The van der Waals surface area contributed by atoms with Gasteiger partial charge in [0.05, 0.1) is 6.61 Å². The molecule has 0 N–H and O–H groups in total. The zero-order valence-corrected chi connectivity index (χ0v) is 12.2. The summed E-state index contributed by atoms with van der Waals surface area (Å²) in [6, 6.07) is 11.9. The minimum Gasteiger partial charge on any atom is -0.494 e. The van der Waals surface area contributed by atoms with Crippen molar-refractivity contribution in [3.63, 3.8) is 0 Å². The first kappa shape index (κ1) is 15.6. The van der Waals surface area contributed by atoms with Gasteiger partial charge in [-0.15, -0.1) is 0 Å². The molecule has 2 aromatic rings. The molecule has 112 valence electrons. The summed E-state index contributed by atoms with van der Waals surface area (Å²) in [4.78, 5) is 0. The largest absolute Gasteiger partial charge is 0.494 e. The highest BCUT2D eigenvalue weighted by molar-refractivity contribution is 7.84. The second kappa shape index (κ2) is 7.88. The van der Waals surface area contributed by atoms with E-state index in [9.17, 15) is 13.0 Å². The molecule has 21 heavy (non-hydrogen) atoms. The van der Waals surface area contributed by atoms with Gasteiger partial charge in [0.25, 0.3) is 0 Å². The highest BCUT2D eigenvalue weighted by atomic mass is 32.2. The van der Waals surface area contributed by atoms with Gasteiger partial charge < -0.3 is 4.74 Å². The quantitative estimate of drug-likeness (QED) is 0.729. The lowest BCUT2D eigenvalue weighted by molar-refractivity contribution is 0.318. The highest BCUT2D eigenvalue weighted by Gasteiger charge is 2.03. The minimum absolute atomic E-state index is 0.307. The molecule has 0 saturated heterocycles. The molecular weight excluding hydrogens is 294 g/mol. The SMILES string of the molecule is O=[S@](CCCOc1ccc(F)cc1)Cc1cccc(F)c1. The first-order valence-electron chi connectivity index (χ1n) is 6.61. The van der Waals surface area contributed by atoms with Gasteiger partial charge in [-0.05, 0) is 48.4 Å². The molecule has 0 aliphatic rings. The van der Waals surface area contributed by atoms with Crippen LogP contribution < -0.4 is 4.74 Å². The van der Waals surface area contributed by atoms with Crippen LogP contribution >= 0.6 is 0 Å². The maximum absolute atomic E-state index is 13.0. The van der Waals surface area contributed by atoms with Crippen LogP contribution in [0.15, 0.2) is 48.5 Å². The highest BCUT2D eigenvalue weighted by Crippen LogP contribution is 2.11. The zero-order valence-electron chi connectivity index (χ0n) is 11.4. The van der Waals surface area contributed by atoms with Gasteiger partial charge >= 0.3 is 0 Å². The summed E-state index contributed by atoms with van der Waals surface area (Å²) in [6.45, 7) is 0.417. The lowest BCUT2D eigenvalue weighted by Crippen LogP contribution is -2.06. The standard InChI is InChI=1S/C16H16F2O2S/c17-14-5-7-16(8-6-14)20-9-2-10-21(19)12-13-3-1-4-15(18)11-13/h1,3-8,11H,2,9-10,12H2/t21-/m1/s1. The predicted octanol–water partition coefficient (Wildman–Crippen LogP) is 3.68. The maximum Gasteiger partial charge on any atom is 0.123 e. The molecule has 2 rings (SSSR count). The van der Waals surface area contributed by atoms with Gasteiger partial charge in [-0.3, -0.25) is 4.21 Å². The normalized spacial score (nSPS) is 12.1. The van der Waals surface area contributed by atoms with Crippen molar-refractivity contribution in [2.45, 2.75) is 12.2 Å². The molecule has 1 atom stereocenters. The molecule has 0 amide bonds. The van der Waals surface area contributed by atoms with Gasteiger partial charge in [-0.2, -0.15) is 0 Å². The molecule has 0 unspecified atom stereocenters. The van der Waals surface area contributed by atoms with Crippen molar-refractivity contribution in [1.82, 2.24) is 0 Å². The molecule has 5 heteroatoms. The van der Waals surface area contributed by atoms with Gasteiger partial charge in [-0.25, -0.2) is 8.78 Å². The number of hydrogen-bond donors (Lipinski definition) is 0. The van der Waals surface area contributed by atoms with Crippen molar-refractivity contribution >= 4 is 10.8 Å². The van der Waals surface area contributed by atoms with E-state index in [0.29, 0.717) is 30.3 Å². The summed E-state index contributed by atoms with van der Waals surface area (Å²) in [7, 11) is -1.05. The van der Waals surface area contributed by atoms with Crippen LogP contribution in [0.5, 0.6) is 5.75 Å². The summed E-state index contributed by atoms with van der Waals surface area (Å²) in [5.74, 6) is 0.793. The number of hydrogen-bond acceptors (Lipinski definition) is 2. The van der Waals surface area contributed by atoms with E-state index in [1.807, 2.05) is 0 Å². The Bertz CT molecular complexity index is 599. The van der Waals surface area contributed by atoms with Crippen LogP contribution in [-0.2, 0) is 16.6 Å². The fourth-order valence-corrected chi connectivity index (χ4v) is 2.96. The fourth-order valence-electron chi connectivity index (χ4n) is 1.83. The van der Waals surface area contributed by atoms with Gasteiger partial charge in [0.1, 0.15) is 17.4 Å². The lowest BCUT2D eigenvalue weighted by atomic mass is 10.2. The predicted molar refractivity (Wildman–Crippen MR) is 79.6 cm³/mol. The molecule has 0 aliphatic heterocycles. The van der Waals surface area contributed by atoms with E-state index in [-0.39, 0.29) is 11.6 Å². The van der Waals surface area contributed by atoms with Crippen molar-refractivity contribution in [2.75, 3.05) is 12.4 Å². The van der Waals surface area contributed by atoms with Crippen LogP contribution in [0.1, 0.15) is 12.0 Å². The summed E-state index contributed by atoms with van der Waals surface area (Å²) in [6.07, 6.45) is 0.624. The van der Waals surface area contributed by atoms with E-state index in [1.165, 1.54) is 24.3 Å². The Labute approximate surface area is 125 Å². The molecule has 0 aromatic heterocycles. The summed E-state index contributed by atoms with van der Waals surface area (Å²) >= 11 is 0. The third kappa shape index (κ3) is 5.63. The van der Waals surface area contributed by atoms with Gasteiger partial charge in [-0.1, -0.05) is 12.1 Å². The zero-order chi connectivity index (χ0) is 15.1. The van der Waals surface area contributed by atoms with Gasteiger partial charge in [0.2, 0.25) is 0 Å². The Morgan fingerprint density at radius 1 is 1.00 bits per heavy atom. The Kier molecular flexibility index (Phi) is 5.87. The van der Waals surface area contributed by atoms with Crippen LogP contribution in [0.25, 0.3) is 0 Å². The third-order valence-corrected chi connectivity index (χ3v) is 4.21. The number of benzene rings is 2. The Hall–Kier alpha value is -1.75. The average molecular weight is 310 g/mol. The van der Waals surface area contributed by atoms with E-state index in [0.717, 1.165) is 5.56 Å².